The second-order valence-electron chi connectivity index (χ2n) is 4.41. The fraction of sp³-hybridized carbons (Fsp3) is 0.133. The van der Waals surface area contributed by atoms with Crippen molar-refractivity contribution >= 4 is 40.1 Å². The van der Waals surface area contributed by atoms with Gasteiger partial charge in [0.1, 0.15) is 5.82 Å². The Morgan fingerprint density at radius 2 is 1.90 bits per heavy atom. The monoisotopic (exact) mass is 403 g/mol. The number of carbonyl (C=O) groups excluding carboxylic acids is 1. The van der Waals surface area contributed by atoms with Crippen LogP contribution in [0.15, 0.2) is 42.5 Å². The van der Waals surface area contributed by atoms with E-state index in [1.165, 1.54) is 12.1 Å². The lowest BCUT2D eigenvalue weighted by Gasteiger charge is -2.18. The van der Waals surface area contributed by atoms with E-state index in [1.807, 2.05) is 0 Å². The highest BCUT2D eigenvalue weighted by molar-refractivity contribution is 14.1. The van der Waals surface area contributed by atoms with Crippen molar-refractivity contribution in [2.24, 2.45) is 0 Å². The number of amides is 1. The van der Waals surface area contributed by atoms with E-state index in [1.54, 1.807) is 42.3 Å². The van der Waals surface area contributed by atoms with Crippen molar-refractivity contribution in [1.29, 1.82) is 0 Å². The van der Waals surface area contributed by atoms with Crippen molar-refractivity contribution in [3.05, 3.63) is 68.0 Å². The van der Waals surface area contributed by atoms with E-state index in [2.05, 4.69) is 22.6 Å². The highest BCUT2D eigenvalue weighted by Gasteiger charge is 2.15. The second kappa shape index (κ2) is 6.54. The lowest BCUT2D eigenvalue weighted by molar-refractivity contribution is 0.0784. The third kappa shape index (κ3) is 3.70. The fourth-order valence-electron chi connectivity index (χ4n) is 1.80. The molecular formula is C15H12ClFINO. The Morgan fingerprint density at radius 3 is 2.50 bits per heavy atom. The maximum absolute atomic E-state index is 12.8. The molecule has 0 heterocycles. The van der Waals surface area contributed by atoms with Crippen molar-refractivity contribution in [1.82, 2.24) is 4.90 Å². The van der Waals surface area contributed by atoms with Crippen LogP contribution in [0.2, 0.25) is 5.02 Å². The summed E-state index contributed by atoms with van der Waals surface area (Å²) in [5, 5.41) is 0.604. The Balaban J connectivity index is 2.14. The van der Waals surface area contributed by atoms with E-state index >= 15 is 0 Å². The molecule has 0 saturated carbocycles. The van der Waals surface area contributed by atoms with Crippen LogP contribution in [0.1, 0.15) is 15.9 Å². The Kier molecular flexibility index (Phi) is 4.99. The zero-order valence-electron chi connectivity index (χ0n) is 10.7. The Labute approximate surface area is 135 Å². The molecule has 0 fully saturated rings. The van der Waals surface area contributed by atoms with Crippen LogP contribution in [0, 0.1) is 9.39 Å². The molecule has 5 heteroatoms. The van der Waals surface area contributed by atoms with Gasteiger partial charge >= 0.3 is 0 Å². The summed E-state index contributed by atoms with van der Waals surface area (Å²) in [5.74, 6) is -0.370. The summed E-state index contributed by atoms with van der Waals surface area (Å²) >= 11 is 7.97. The average molecular weight is 404 g/mol. The number of nitrogens with zero attached hydrogens (tertiary/aromatic N) is 1. The number of hydrogen-bond acceptors (Lipinski definition) is 1. The molecule has 0 radical (unpaired) electrons. The van der Waals surface area contributed by atoms with Crippen molar-refractivity contribution in [3.8, 4) is 0 Å². The normalized spacial score (nSPS) is 10.4. The number of carbonyl (C=O) groups is 1. The van der Waals surface area contributed by atoms with Crippen LogP contribution >= 0.6 is 34.2 Å². The highest BCUT2D eigenvalue weighted by atomic mass is 127. The van der Waals surface area contributed by atoms with Gasteiger partial charge in [-0.1, -0.05) is 23.7 Å². The number of benzene rings is 2. The molecule has 20 heavy (non-hydrogen) atoms. The first-order valence-electron chi connectivity index (χ1n) is 5.92. The van der Waals surface area contributed by atoms with Gasteiger partial charge in [0, 0.05) is 22.2 Å². The van der Waals surface area contributed by atoms with Gasteiger partial charge in [0.2, 0.25) is 0 Å². The van der Waals surface area contributed by atoms with Crippen molar-refractivity contribution in [2.75, 3.05) is 7.05 Å². The van der Waals surface area contributed by atoms with E-state index < -0.39 is 0 Å². The Bertz CT molecular complexity index is 630. The molecule has 0 aliphatic carbocycles. The molecule has 2 rings (SSSR count). The van der Waals surface area contributed by atoms with Crippen molar-refractivity contribution in [2.45, 2.75) is 6.54 Å². The van der Waals surface area contributed by atoms with Crippen LogP contribution in [0.4, 0.5) is 4.39 Å². The molecule has 0 aliphatic rings. The molecule has 2 aromatic carbocycles. The predicted octanol–water partition coefficient (Wildman–Crippen LogP) is 4.36. The molecule has 2 aromatic rings. The van der Waals surface area contributed by atoms with E-state index in [9.17, 15) is 9.18 Å². The Hall–Kier alpha value is -1.14. The smallest absolute Gasteiger partial charge is 0.254 e. The molecule has 0 aliphatic heterocycles. The molecule has 0 saturated heterocycles. The SMILES string of the molecule is CN(Cc1ccc(F)cc1)C(=O)c1ccc(Cl)cc1I. The van der Waals surface area contributed by atoms with Gasteiger partial charge in [0.05, 0.1) is 5.56 Å². The van der Waals surface area contributed by atoms with E-state index in [0.717, 1.165) is 9.13 Å². The number of hydrogen-bond donors (Lipinski definition) is 0. The first kappa shape index (κ1) is 15.3. The maximum Gasteiger partial charge on any atom is 0.254 e. The minimum atomic E-state index is -0.282. The van der Waals surface area contributed by atoms with Crippen LogP contribution in [0.25, 0.3) is 0 Å². The molecule has 0 aromatic heterocycles. The second-order valence-corrected chi connectivity index (χ2v) is 6.01. The minimum Gasteiger partial charge on any atom is -0.337 e. The van der Waals surface area contributed by atoms with Gasteiger partial charge in [0.15, 0.2) is 0 Å². The average Bonchev–Trinajstić information content (AvgIpc) is 2.40. The topological polar surface area (TPSA) is 20.3 Å². The number of halogens is 3. The third-order valence-electron chi connectivity index (χ3n) is 2.84. The Morgan fingerprint density at radius 1 is 1.25 bits per heavy atom. The molecule has 0 atom stereocenters. The fourth-order valence-corrected chi connectivity index (χ4v) is 2.91. The summed E-state index contributed by atoms with van der Waals surface area (Å²) in [5.41, 5.74) is 1.49. The third-order valence-corrected chi connectivity index (χ3v) is 3.97. The molecule has 1 amide bonds. The van der Waals surface area contributed by atoms with Gasteiger partial charge < -0.3 is 4.90 Å². The summed E-state index contributed by atoms with van der Waals surface area (Å²) < 4.78 is 13.7. The quantitative estimate of drug-likeness (QED) is 0.698. The van der Waals surface area contributed by atoms with E-state index in [0.29, 0.717) is 17.1 Å². The molecule has 2 nitrogen and oxygen atoms in total. The van der Waals surface area contributed by atoms with Gasteiger partial charge in [-0.05, 0) is 58.5 Å². The summed E-state index contributed by atoms with van der Waals surface area (Å²) in [6.45, 7) is 0.428. The zero-order valence-corrected chi connectivity index (χ0v) is 13.7. The largest absolute Gasteiger partial charge is 0.337 e. The number of rotatable bonds is 3. The first-order valence-corrected chi connectivity index (χ1v) is 7.38. The van der Waals surface area contributed by atoms with Crippen LogP contribution in [0.3, 0.4) is 0 Å². The summed E-state index contributed by atoms with van der Waals surface area (Å²) in [7, 11) is 1.72. The molecule has 104 valence electrons. The van der Waals surface area contributed by atoms with Crippen molar-refractivity contribution < 1.29 is 9.18 Å². The van der Waals surface area contributed by atoms with Gasteiger partial charge in [-0.2, -0.15) is 0 Å². The molecule has 0 N–H and O–H groups in total. The molecule has 0 unspecified atom stereocenters. The van der Waals surface area contributed by atoms with Gasteiger partial charge in [-0.15, -0.1) is 0 Å². The van der Waals surface area contributed by atoms with Gasteiger partial charge in [-0.3, -0.25) is 4.79 Å². The minimum absolute atomic E-state index is 0.0876. The zero-order chi connectivity index (χ0) is 14.7. The standard InChI is InChI=1S/C15H12ClFINO/c1-19(9-10-2-5-12(17)6-3-10)15(20)13-7-4-11(16)8-14(13)18/h2-8H,9H2,1H3. The maximum atomic E-state index is 12.8. The lowest BCUT2D eigenvalue weighted by Crippen LogP contribution is -2.26. The highest BCUT2D eigenvalue weighted by Crippen LogP contribution is 2.20. The molecule has 0 bridgehead atoms. The van der Waals surface area contributed by atoms with Crippen LogP contribution < -0.4 is 0 Å². The summed E-state index contributed by atoms with van der Waals surface area (Å²) in [6.07, 6.45) is 0. The predicted molar refractivity (Wildman–Crippen MR) is 86.4 cm³/mol. The summed E-state index contributed by atoms with van der Waals surface area (Å²) in [6, 6.07) is 11.3. The van der Waals surface area contributed by atoms with Crippen molar-refractivity contribution in [3.63, 3.8) is 0 Å². The van der Waals surface area contributed by atoms with E-state index in [-0.39, 0.29) is 11.7 Å². The molecular weight excluding hydrogens is 392 g/mol. The summed E-state index contributed by atoms with van der Waals surface area (Å²) in [4.78, 5) is 13.9. The van der Waals surface area contributed by atoms with Crippen LogP contribution in [-0.2, 0) is 6.54 Å². The molecule has 0 spiro atoms. The van der Waals surface area contributed by atoms with Crippen LogP contribution in [0.5, 0.6) is 0 Å². The van der Waals surface area contributed by atoms with Gasteiger partial charge in [0.25, 0.3) is 5.91 Å². The van der Waals surface area contributed by atoms with E-state index in [4.69, 9.17) is 11.6 Å². The first-order chi connectivity index (χ1) is 9.47. The van der Waals surface area contributed by atoms with Crippen LogP contribution in [-0.4, -0.2) is 17.9 Å². The van der Waals surface area contributed by atoms with Gasteiger partial charge in [-0.25, -0.2) is 4.39 Å². The lowest BCUT2D eigenvalue weighted by atomic mass is 10.1.